The summed E-state index contributed by atoms with van der Waals surface area (Å²) in [5, 5.41) is 6.12. The van der Waals surface area contributed by atoms with E-state index < -0.39 is 0 Å². The van der Waals surface area contributed by atoms with Gasteiger partial charge in [-0.1, -0.05) is 48.5 Å². The molecule has 7 aromatic rings. The summed E-state index contributed by atoms with van der Waals surface area (Å²) in [6.45, 7) is 12.2. The van der Waals surface area contributed by atoms with E-state index in [1.807, 2.05) is 6.07 Å². The molecule has 0 bridgehead atoms. The number of nitrogens with zero attached hydrogens (tertiary/aromatic N) is 3. The molecule has 34 heavy (non-hydrogen) atoms. The lowest BCUT2D eigenvalue weighted by atomic mass is 9.96. The summed E-state index contributed by atoms with van der Waals surface area (Å²) in [7, 11) is 2.13. The number of aryl methyl sites for hydroxylation is 3. The second kappa shape index (κ2) is 6.56. The molecular weight excluding hydrogens is 414 g/mol. The van der Waals surface area contributed by atoms with Gasteiger partial charge in [0.1, 0.15) is 7.05 Å². The lowest BCUT2D eigenvalue weighted by Crippen LogP contribution is -2.29. The Kier molecular flexibility index (Phi) is 3.68. The fourth-order valence-electron chi connectivity index (χ4n) is 5.84. The molecule has 3 heteroatoms. The summed E-state index contributed by atoms with van der Waals surface area (Å²) < 4.78 is 4.67. The Morgan fingerprint density at radius 2 is 1.65 bits per heavy atom. The van der Waals surface area contributed by atoms with Crippen LogP contribution in [0.25, 0.3) is 65.0 Å². The molecule has 7 rings (SSSR count). The van der Waals surface area contributed by atoms with Gasteiger partial charge < -0.3 is 4.40 Å². The van der Waals surface area contributed by atoms with Crippen LogP contribution in [-0.2, 0) is 7.05 Å². The summed E-state index contributed by atoms with van der Waals surface area (Å²) in [5.74, 6) is 0. The van der Waals surface area contributed by atoms with Gasteiger partial charge >= 0.3 is 0 Å². The zero-order chi connectivity index (χ0) is 23.1. The molecule has 0 spiro atoms. The van der Waals surface area contributed by atoms with E-state index in [1.54, 1.807) is 0 Å². The number of rotatable bonds is 1. The van der Waals surface area contributed by atoms with E-state index in [0.717, 1.165) is 10.9 Å². The molecule has 4 aromatic carbocycles. The number of pyridine rings is 2. The summed E-state index contributed by atoms with van der Waals surface area (Å²) in [5.41, 5.74) is 10.4. The van der Waals surface area contributed by atoms with Gasteiger partial charge in [-0.25, -0.2) is 9.41 Å². The summed E-state index contributed by atoms with van der Waals surface area (Å²) in [4.78, 5) is 3.83. The van der Waals surface area contributed by atoms with Crippen LogP contribution in [0.3, 0.4) is 0 Å². The van der Waals surface area contributed by atoms with Crippen molar-refractivity contribution in [2.45, 2.75) is 13.8 Å². The van der Waals surface area contributed by atoms with Gasteiger partial charge in [0.25, 0.3) is 0 Å². The number of hydrogen-bond donors (Lipinski definition) is 0. The van der Waals surface area contributed by atoms with Crippen molar-refractivity contribution in [3.8, 4) is 11.1 Å². The highest BCUT2D eigenvalue weighted by molar-refractivity contribution is 6.27. The standard InChI is InChI=1S/C31H22N3/c1-18-15-25-24-12-8-11-23(20-9-6-5-7-10-20)29(24)34-26-17-22(32-3)16-21-13-14-33(4)31(28(21)26)27(19(18)2)30(25)34/h5-17H,1-2,4H3/q+1. The molecule has 3 aromatic heterocycles. The minimum absolute atomic E-state index is 0.668. The van der Waals surface area contributed by atoms with Crippen molar-refractivity contribution < 1.29 is 4.57 Å². The van der Waals surface area contributed by atoms with E-state index in [1.165, 1.54) is 60.3 Å². The quantitative estimate of drug-likeness (QED) is 0.108. The summed E-state index contributed by atoms with van der Waals surface area (Å²) >= 11 is 0. The Hall–Kier alpha value is -4.42. The molecule has 0 fully saturated rings. The van der Waals surface area contributed by atoms with E-state index in [4.69, 9.17) is 6.57 Å². The maximum atomic E-state index is 7.77. The monoisotopic (exact) mass is 436 g/mol. The largest absolute Gasteiger partial charge is 0.308 e. The molecule has 0 radical (unpaired) electrons. The van der Waals surface area contributed by atoms with Gasteiger partial charge in [0.2, 0.25) is 5.52 Å². The van der Waals surface area contributed by atoms with Crippen molar-refractivity contribution in [2.75, 3.05) is 0 Å². The maximum absolute atomic E-state index is 7.77. The average molecular weight is 437 g/mol. The van der Waals surface area contributed by atoms with Crippen LogP contribution < -0.4 is 4.57 Å². The van der Waals surface area contributed by atoms with Gasteiger partial charge in [-0.15, -0.1) is 0 Å². The normalized spacial score (nSPS) is 11.9. The average Bonchev–Trinajstić information content (AvgIpc) is 3.20. The van der Waals surface area contributed by atoms with E-state index in [-0.39, 0.29) is 0 Å². The summed E-state index contributed by atoms with van der Waals surface area (Å²) in [6, 6.07) is 25.8. The molecule has 0 atom stereocenters. The third kappa shape index (κ3) is 2.27. The van der Waals surface area contributed by atoms with Crippen molar-refractivity contribution in [1.82, 2.24) is 4.40 Å². The number of benzene rings is 4. The fraction of sp³-hybridized carbons (Fsp3) is 0.0968. The van der Waals surface area contributed by atoms with Gasteiger partial charge in [0, 0.05) is 22.4 Å². The van der Waals surface area contributed by atoms with Gasteiger partial charge in [-0.2, -0.15) is 0 Å². The Labute approximate surface area is 197 Å². The number of hydrogen-bond acceptors (Lipinski definition) is 0. The Bertz CT molecular complexity index is 1990. The lowest BCUT2D eigenvalue weighted by Gasteiger charge is -2.15. The van der Waals surface area contributed by atoms with Crippen LogP contribution >= 0.6 is 0 Å². The van der Waals surface area contributed by atoms with Crippen LogP contribution in [0.15, 0.2) is 79.0 Å². The second-order valence-corrected chi connectivity index (χ2v) is 9.31. The van der Waals surface area contributed by atoms with Gasteiger partial charge in [0.15, 0.2) is 11.9 Å². The van der Waals surface area contributed by atoms with Gasteiger partial charge in [-0.05, 0) is 54.1 Å². The minimum Gasteiger partial charge on any atom is -0.308 e. The highest BCUT2D eigenvalue weighted by Gasteiger charge is 2.26. The Balaban J connectivity index is 1.92. The predicted octanol–water partition coefficient (Wildman–Crippen LogP) is 7.65. The molecule has 0 amide bonds. The van der Waals surface area contributed by atoms with E-state index >= 15 is 0 Å². The van der Waals surface area contributed by atoms with Crippen LogP contribution in [-0.4, -0.2) is 4.40 Å². The first-order chi connectivity index (χ1) is 16.6. The lowest BCUT2D eigenvalue weighted by molar-refractivity contribution is -0.643. The van der Waals surface area contributed by atoms with Crippen LogP contribution in [0.5, 0.6) is 0 Å². The summed E-state index contributed by atoms with van der Waals surface area (Å²) in [6.07, 6.45) is 2.12. The molecule has 160 valence electrons. The number of fused-ring (bicyclic) bond motifs is 5. The van der Waals surface area contributed by atoms with Crippen LogP contribution in [0, 0.1) is 20.4 Å². The zero-order valence-electron chi connectivity index (χ0n) is 19.3. The van der Waals surface area contributed by atoms with Crippen LogP contribution in [0.1, 0.15) is 11.1 Å². The van der Waals surface area contributed by atoms with Crippen molar-refractivity contribution in [3.05, 3.63) is 102 Å². The zero-order valence-corrected chi connectivity index (χ0v) is 19.3. The second-order valence-electron chi connectivity index (χ2n) is 9.31. The van der Waals surface area contributed by atoms with Crippen LogP contribution in [0.4, 0.5) is 5.69 Å². The van der Waals surface area contributed by atoms with E-state index in [2.05, 4.69) is 108 Å². The number of aromatic nitrogens is 2. The first-order valence-corrected chi connectivity index (χ1v) is 11.6. The maximum Gasteiger partial charge on any atom is 0.224 e. The molecule has 0 saturated heterocycles. The third-order valence-electron chi connectivity index (χ3n) is 7.48. The first-order valence-electron chi connectivity index (χ1n) is 11.6. The first kappa shape index (κ1) is 19.1. The van der Waals surface area contributed by atoms with E-state index in [9.17, 15) is 0 Å². The topological polar surface area (TPSA) is 12.7 Å². The molecule has 0 aliphatic rings. The molecular formula is C31H22N3+. The molecule has 0 aliphatic heterocycles. The molecule has 0 aliphatic carbocycles. The van der Waals surface area contributed by atoms with Crippen molar-refractivity contribution in [2.24, 2.45) is 7.05 Å². The van der Waals surface area contributed by atoms with Crippen molar-refractivity contribution in [3.63, 3.8) is 0 Å². The SMILES string of the molecule is [C-]#[N+]c1cc2cc[n+](C)c3c4c(C)c(C)cc5c6cccc(-c7ccccc7)c6n(c(c1)c23)c54. The molecule has 0 N–H and O–H groups in total. The van der Waals surface area contributed by atoms with Gasteiger partial charge in [0.05, 0.1) is 33.9 Å². The third-order valence-corrected chi connectivity index (χ3v) is 7.48. The van der Waals surface area contributed by atoms with Crippen LogP contribution in [0.2, 0.25) is 0 Å². The Morgan fingerprint density at radius 1 is 0.824 bits per heavy atom. The highest BCUT2D eigenvalue weighted by Crippen LogP contribution is 2.44. The van der Waals surface area contributed by atoms with Gasteiger partial charge in [-0.3, -0.25) is 0 Å². The minimum atomic E-state index is 0.668. The number of para-hydroxylation sites is 1. The molecule has 3 heterocycles. The van der Waals surface area contributed by atoms with Crippen molar-refractivity contribution in [1.29, 1.82) is 0 Å². The molecule has 0 unspecified atom stereocenters. The van der Waals surface area contributed by atoms with Crippen molar-refractivity contribution >= 4 is 54.7 Å². The fourth-order valence-corrected chi connectivity index (χ4v) is 5.84. The van der Waals surface area contributed by atoms with E-state index in [0.29, 0.717) is 5.69 Å². The molecule has 3 nitrogen and oxygen atoms in total. The Morgan fingerprint density at radius 3 is 2.44 bits per heavy atom. The molecule has 0 saturated carbocycles. The smallest absolute Gasteiger partial charge is 0.224 e. The highest BCUT2D eigenvalue weighted by atomic mass is 15.0. The predicted molar refractivity (Wildman–Crippen MR) is 141 cm³/mol.